The Morgan fingerprint density at radius 2 is 2.19 bits per heavy atom. The third-order valence-corrected chi connectivity index (χ3v) is 2.66. The van der Waals surface area contributed by atoms with Gasteiger partial charge in [-0.15, -0.1) is 0 Å². The number of aromatic nitrogens is 2. The minimum atomic E-state index is -0.246. The van der Waals surface area contributed by atoms with Crippen molar-refractivity contribution in [1.29, 1.82) is 0 Å². The molecule has 16 heavy (non-hydrogen) atoms. The second kappa shape index (κ2) is 4.68. The number of carbonyl (C=O) groups is 1. The van der Waals surface area contributed by atoms with Crippen molar-refractivity contribution < 1.29 is 9.53 Å². The van der Waals surface area contributed by atoms with Crippen molar-refractivity contribution in [1.82, 2.24) is 9.78 Å². The van der Waals surface area contributed by atoms with E-state index < -0.39 is 0 Å². The molecule has 4 heteroatoms. The van der Waals surface area contributed by atoms with Crippen LogP contribution in [0.1, 0.15) is 39.8 Å². The molecule has 1 aromatic rings. The van der Waals surface area contributed by atoms with Crippen LogP contribution in [0.25, 0.3) is 0 Å². The molecule has 0 saturated carbocycles. The number of ketones is 1. The van der Waals surface area contributed by atoms with Crippen LogP contribution in [0.5, 0.6) is 5.75 Å². The van der Waals surface area contributed by atoms with Crippen molar-refractivity contribution in [3.63, 3.8) is 0 Å². The molecule has 90 valence electrons. The van der Waals surface area contributed by atoms with Gasteiger partial charge in [-0.05, 0) is 13.8 Å². The third kappa shape index (κ3) is 2.43. The molecule has 0 unspecified atom stereocenters. The zero-order valence-electron chi connectivity index (χ0n) is 10.7. The molecule has 0 bridgehead atoms. The van der Waals surface area contributed by atoms with Crippen LogP contribution in [-0.2, 0) is 16.8 Å². The van der Waals surface area contributed by atoms with E-state index in [1.165, 1.54) is 0 Å². The maximum absolute atomic E-state index is 11.3. The lowest BCUT2D eigenvalue weighted by atomic mass is 9.83. The first-order valence-corrected chi connectivity index (χ1v) is 5.52. The number of rotatable bonds is 5. The van der Waals surface area contributed by atoms with E-state index in [9.17, 15) is 4.79 Å². The number of Topliss-reactive ketones (excluding diaryl/α,β-unsaturated/α-hetero) is 1. The fraction of sp³-hybridized carbons (Fsp3) is 0.667. The Morgan fingerprint density at radius 3 is 2.62 bits per heavy atom. The molecule has 0 aliphatic rings. The van der Waals surface area contributed by atoms with Crippen molar-refractivity contribution in [2.75, 3.05) is 7.11 Å². The number of hydrogen-bond donors (Lipinski definition) is 0. The number of aryl methyl sites for hydroxylation is 1. The van der Waals surface area contributed by atoms with Crippen molar-refractivity contribution in [3.8, 4) is 5.75 Å². The van der Waals surface area contributed by atoms with Gasteiger partial charge in [-0.2, -0.15) is 5.10 Å². The summed E-state index contributed by atoms with van der Waals surface area (Å²) in [5.74, 6) is 0.934. The monoisotopic (exact) mass is 224 g/mol. The second-order valence-corrected chi connectivity index (χ2v) is 4.64. The van der Waals surface area contributed by atoms with Gasteiger partial charge in [-0.25, -0.2) is 0 Å². The van der Waals surface area contributed by atoms with Crippen LogP contribution in [0.2, 0.25) is 0 Å². The van der Waals surface area contributed by atoms with Crippen LogP contribution in [0.3, 0.4) is 0 Å². The molecule has 1 rings (SSSR count). The Hall–Kier alpha value is -1.32. The highest BCUT2D eigenvalue weighted by atomic mass is 16.5. The molecule has 0 aliphatic carbocycles. The van der Waals surface area contributed by atoms with Gasteiger partial charge in [0.25, 0.3) is 0 Å². The standard InChI is InChI=1S/C12H20N2O2/c1-6-14-11(10(16-5)8-13-14)12(3,4)7-9(2)15/h8H,6-7H2,1-5H3. The molecule has 1 heterocycles. The highest BCUT2D eigenvalue weighted by Gasteiger charge is 2.30. The lowest BCUT2D eigenvalue weighted by molar-refractivity contribution is -0.118. The highest BCUT2D eigenvalue weighted by Crippen LogP contribution is 2.34. The number of carbonyl (C=O) groups excluding carboxylic acids is 1. The van der Waals surface area contributed by atoms with Crippen LogP contribution in [0.15, 0.2) is 6.20 Å². The van der Waals surface area contributed by atoms with E-state index in [2.05, 4.69) is 5.10 Å². The summed E-state index contributed by atoms with van der Waals surface area (Å²) in [6.07, 6.45) is 2.20. The van der Waals surface area contributed by atoms with Crippen molar-refractivity contribution in [3.05, 3.63) is 11.9 Å². The fourth-order valence-corrected chi connectivity index (χ4v) is 2.15. The Morgan fingerprint density at radius 1 is 1.56 bits per heavy atom. The first-order valence-electron chi connectivity index (χ1n) is 5.52. The molecular weight excluding hydrogens is 204 g/mol. The van der Waals surface area contributed by atoms with E-state index in [4.69, 9.17) is 4.74 Å². The average molecular weight is 224 g/mol. The molecule has 4 nitrogen and oxygen atoms in total. The topological polar surface area (TPSA) is 44.1 Å². The molecule has 0 radical (unpaired) electrons. The molecule has 0 amide bonds. The van der Waals surface area contributed by atoms with Crippen LogP contribution in [0, 0.1) is 0 Å². The molecule has 0 saturated heterocycles. The molecule has 0 fully saturated rings. The quantitative estimate of drug-likeness (QED) is 0.770. The Labute approximate surface area is 96.6 Å². The number of hydrogen-bond acceptors (Lipinski definition) is 3. The van der Waals surface area contributed by atoms with Gasteiger partial charge in [0.2, 0.25) is 0 Å². The van der Waals surface area contributed by atoms with Crippen LogP contribution in [0.4, 0.5) is 0 Å². The van der Waals surface area contributed by atoms with Gasteiger partial charge < -0.3 is 4.74 Å². The van der Waals surface area contributed by atoms with Gasteiger partial charge in [0, 0.05) is 18.4 Å². The predicted octanol–water partition coefficient (Wildman–Crippen LogP) is 2.17. The summed E-state index contributed by atoms with van der Waals surface area (Å²) in [6.45, 7) is 8.50. The number of nitrogens with zero attached hydrogens (tertiary/aromatic N) is 2. The van der Waals surface area contributed by atoms with E-state index in [1.54, 1.807) is 20.2 Å². The van der Waals surface area contributed by atoms with Gasteiger partial charge in [0.1, 0.15) is 5.78 Å². The van der Waals surface area contributed by atoms with Crippen LogP contribution in [-0.4, -0.2) is 22.7 Å². The molecule has 0 aliphatic heterocycles. The zero-order valence-corrected chi connectivity index (χ0v) is 10.7. The van der Waals surface area contributed by atoms with Crippen molar-refractivity contribution in [2.45, 2.75) is 46.1 Å². The first kappa shape index (κ1) is 12.7. The van der Waals surface area contributed by atoms with Gasteiger partial charge in [0.05, 0.1) is 19.0 Å². The molecule has 0 spiro atoms. The number of ether oxygens (including phenoxy) is 1. The van der Waals surface area contributed by atoms with Crippen molar-refractivity contribution >= 4 is 5.78 Å². The van der Waals surface area contributed by atoms with E-state index in [1.807, 2.05) is 25.5 Å². The molecule has 1 aromatic heterocycles. The zero-order chi connectivity index (χ0) is 12.3. The molecule has 0 aromatic carbocycles. The fourth-order valence-electron chi connectivity index (χ4n) is 2.15. The summed E-state index contributed by atoms with van der Waals surface area (Å²) in [4.78, 5) is 11.3. The maximum Gasteiger partial charge on any atom is 0.160 e. The van der Waals surface area contributed by atoms with Crippen LogP contribution < -0.4 is 4.74 Å². The number of methoxy groups -OCH3 is 1. The van der Waals surface area contributed by atoms with Crippen molar-refractivity contribution in [2.24, 2.45) is 0 Å². The van der Waals surface area contributed by atoms with E-state index >= 15 is 0 Å². The molecule has 0 N–H and O–H groups in total. The predicted molar refractivity (Wildman–Crippen MR) is 62.8 cm³/mol. The minimum absolute atomic E-state index is 0.177. The maximum atomic E-state index is 11.3. The molecular formula is C12H20N2O2. The summed E-state index contributed by atoms with van der Waals surface area (Å²) in [6, 6.07) is 0. The Bertz CT molecular complexity index is 359. The largest absolute Gasteiger partial charge is 0.493 e. The van der Waals surface area contributed by atoms with E-state index in [0.717, 1.165) is 18.0 Å². The summed E-state index contributed by atoms with van der Waals surface area (Å²) < 4.78 is 7.19. The molecule has 0 atom stereocenters. The SMILES string of the molecule is CCn1ncc(OC)c1C(C)(C)CC(C)=O. The normalized spacial score (nSPS) is 11.6. The van der Waals surface area contributed by atoms with E-state index in [-0.39, 0.29) is 11.2 Å². The lowest BCUT2D eigenvalue weighted by Crippen LogP contribution is -2.25. The highest BCUT2D eigenvalue weighted by molar-refractivity contribution is 5.77. The summed E-state index contributed by atoms with van der Waals surface area (Å²) in [5, 5.41) is 4.26. The lowest BCUT2D eigenvalue weighted by Gasteiger charge is -2.25. The minimum Gasteiger partial charge on any atom is -0.493 e. The van der Waals surface area contributed by atoms with Gasteiger partial charge in [-0.1, -0.05) is 13.8 Å². The average Bonchev–Trinajstić information content (AvgIpc) is 2.58. The van der Waals surface area contributed by atoms with E-state index in [0.29, 0.717) is 6.42 Å². The summed E-state index contributed by atoms with van der Waals surface area (Å²) in [7, 11) is 1.63. The summed E-state index contributed by atoms with van der Waals surface area (Å²) >= 11 is 0. The van der Waals surface area contributed by atoms with Gasteiger partial charge in [-0.3, -0.25) is 9.48 Å². The second-order valence-electron chi connectivity index (χ2n) is 4.64. The smallest absolute Gasteiger partial charge is 0.160 e. The Kier molecular flexibility index (Phi) is 3.73. The summed E-state index contributed by atoms with van der Waals surface area (Å²) in [5.41, 5.74) is 0.747. The first-order chi connectivity index (χ1) is 7.42. The Balaban J connectivity index is 3.17. The van der Waals surface area contributed by atoms with Gasteiger partial charge in [0.15, 0.2) is 5.75 Å². The third-order valence-electron chi connectivity index (χ3n) is 2.66. The van der Waals surface area contributed by atoms with Crippen LogP contribution >= 0.6 is 0 Å². The van der Waals surface area contributed by atoms with Gasteiger partial charge >= 0.3 is 0 Å².